The van der Waals surface area contributed by atoms with Gasteiger partial charge < -0.3 is 10.2 Å². The van der Waals surface area contributed by atoms with Crippen LogP contribution in [0.1, 0.15) is 12.7 Å². The van der Waals surface area contributed by atoms with Crippen LogP contribution in [-0.2, 0) is 16.4 Å². The van der Waals surface area contributed by atoms with Gasteiger partial charge in [0.1, 0.15) is 16.5 Å². The van der Waals surface area contributed by atoms with Crippen LogP contribution in [-0.4, -0.2) is 14.5 Å². The Morgan fingerprint density at radius 3 is 2.81 bits per heavy atom. The molecule has 0 radical (unpaired) electrons. The second-order valence-corrected chi connectivity index (χ2v) is 7.15. The Bertz CT molecular complexity index is 732. The molecule has 1 unspecified atom stereocenters. The van der Waals surface area contributed by atoms with E-state index in [0.29, 0.717) is 12.2 Å². The number of sulfonamides is 1. The molecule has 0 aliphatic heterocycles. The molecule has 0 amide bonds. The molecule has 0 aliphatic rings. The maximum absolute atomic E-state index is 13.3. The van der Waals surface area contributed by atoms with Gasteiger partial charge in [-0.15, -0.1) is 0 Å². The van der Waals surface area contributed by atoms with E-state index in [1.54, 1.807) is 19.1 Å². The summed E-state index contributed by atoms with van der Waals surface area (Å²) in [5.41, 5.74) is 5.44. The van der Waals surface area contributed by atoms with Crippen molar-refractivity contribution in [2.45, 2.75) is 24.3 Å². The SMILES string of the molecule is CC(Cc1ccco1)NS(=O)(=O)c1cc(Br)c(F)cc1N. The molecule has 21 heavy (non-hydrogen) atoms. The highest BCUT2D eigenvalue weighted by Crippen LogP contribution is 2.26. The van der Waals surface area contributed by atoms with Crippen LogP contribution in [0.15, 0.2) is 44.3 Å². The molecule has 0 saturated carbocycles. The Balaban J connectivity index is 2.20. The molecule has 2 rings (SSSR count). The first-order valence-corrected chi connectivity index (χ1v) is 8.36. The van der Waals surface area contributed by atoms with Crippen LogP contribution >= 0.6 is 15.9 Å². The van der Waals surface area contributed by atoms with E-state index >= 15 is 0 Å². The molecule has 1 aromatic carbocycles. The third-order valence-electron chi connectivity index (χ3n) is 2.79. The van der Waals surface area contributed by atoms with Crippen LogP contribution in [0.4, 0.5) is 10.1 Å². The topological polar surface area (TPSA) is 85.3 Å². The Hall–Kier alpha value is -1.38. The molecule has 3 N–H and O–H groups in total. The van der Waals surface area contributed by atoms with E-state index in [-0.39, 0.29) is 15.1 Å². The lowest BCUT2D eigenvalue weighted by atomic mass is 10.2. The molecular weight excluding hydrogens is 363 g/mol. The van der Waals surface area contributed by atoms with Crippen LogP contribution in [0.25, 0.3) is 0 Å². The van der Waals surface area contributed by atoms with Gasteiger partial charge in [-0.2, -0.15) is 0 Å². The van der Waals surface area contributed by atoms with Gasteiger partial charge in [-0.05, 0) is 47.1 Å². The van der Waals surface area contributed by atoms with Gasteiger partial charge in [-0.3, -0.25) is 0 Å². The zero-order chi connectivity index (χ0) is 15.6. The quantitative estimate of drug-likeness (QED) is 0.785. The molecule has 0 saturated heterocycles. The van der Waals surface area contributed by atoms with E-state index in [9.17, 15) is 12.8 Å². The first-order valence-electron chi connectivity index (χ1n) is 6.09. The number of benzene rings is 1. The van der Waals surface area contributed by atoms with Gasteiger partial charge in [-0.1, -0.05) is 0 Å². The van der Waals surface area contributed by atoms with Gasteiger partial charge in [0.25, 0.3) is 0 Å². The largest absolute Gasteiger partial charge is 0.469 e. The summed E-state index contributed by atoms with van der Waals surface area (Å²) in [6.07, 6.45) is 1.92. The lowest BCUT2D eigenvalue weighted by molar-refractivity contribution is 0.479. The van der Waals surface area contributed by atoms with Crippen molar-refractivity contribution in [1.82, 2.24) is 4.72 Å². The minimum atomic E-state index is -3.85. The molecule has 1 atom stereocenters. The van der Waals surface area contributed by atoms with Gasteiger partial charge in [0.15, 0.2) is 0 Å². The van der Waals surface area contributed by atoms with Crippen molar-refractivity contribution < 1.29 is 17.2 Å². The molecule has 2 aromatic rings. The highest BCUT2D eigenvalue weighted by Gasteiger charge is 2.22. The van der Waals surface area contributed by atoms with Gasteiger partial charge in [0.2, 0.25) is 10.0 Å². The normalized spacial score (nSPS) is 13.3. The minimum Gasteiger partial charge on any atom is -0.469 e. The standard InChI is InChI=1S/C13H14BrFN2O3S/c1-8(5-9-3-2-4-20-9)17-21(18,19)13-6-10(14)11(15)7-12(13)16/h2-4,6-8,17H,5,16H2,1H3. The van der Waals surface area contributed by atoms with Crippen molar-refractivity contribution in [2.24, 2.45) is 0 Å². The van der Waals surface area contributed by atoms with E-state index in [0.717, 1.165) is 12.1 Å². The van der Waals surface area contributed by atoms with Gasteiger partial charge in [-0.25, -0.2) is 17.5 Å². The fourth-order valence-electron chi connectivity index (χ4n) is 1.88. The highest BCUT2D eigenvalue weighted by molar-refractivity contribution is 9.10. The molecule has 0 spiro atoms. The number of nitrogen functional groups attached to an aromatic ring is 1. The molecule has 5 nitrogen and oxygen atoms in total. The third kappa shape index (κ3) is 3.84. The molecule has 0 fully saturated rings. The van der Waals surface area contributed by atoms with Crippen LogP contribution in [0.5, 0.6) is 0 Å². The number of hydrogen-bond donors (Lipinski definition) is 2. The van der Waals surface area contributed by atoms with E-state index in [1.165, 1.54) is 6.26 Å². The van der Waals surface area contributed by atoms with Crippen molar-refractivity contribution in [3.63, 3.8) is 0 Å². The molecule has 0 aliphatic carbocycles. The lowest BCUT2D eigenvalue weighted by Gasteiger charge is -2.14. The van der Waals surface area contributed by atoms with E-state index in [4.69, 9.17) is 10.2 Å². The van der Waals surface area contributed by atoms with Crippen molar-refractivity contribution in [1.29, 1.82) is 0 Å². The van der Waals surface area contributed by atoms with Gasteiger partial charge >= 0.3 is 0 Å². The number of halogens is 2. The summed E-state index contributed by atoms with van der Waals surface area (Å²) in [6.45, 7) is 1.70. The number of nitrogens with two attached hydrogens (primary N) is 1. The van der Waals surface area contributed by atoms with Crippen LogP contribution in [0, 0.1) is 5.82 Å². The first-order chi connectivity index (χ1) is 9.79. The van der Waals surface area contributed by atoms with E-state index in [2.05, 4.69) is 20.7 Å². The van der Waals surface area contributed by atoms with Crippen molar-refractivity contribution >= 4 is 31.6 Å². The lowest BCUT2D eigenvalue weighted by Crippen LogP contribution is -2.34. The monoisotopic (exact) mass is 376 g/mol. The highest BCUT2D eigenvalue weighted by atomic mass is 79.9. The third-order valence-corrected chi connectivity index (χ3v) is 5.04. The van der Waals surface area contributed by atoms with Crippen LogP contribution < -0.4 is 10.5 Å². The van der Waals surface area contributed by atoms with Crippen molar-refractivity contribution in [2.75, 3.05) is 5.73 Å². The maximum atomic E-state index is 13.3. The summed E-state index contributed by atoms with van der Waals surface area (Å²) in [5, 5.41) is 0. The summed E-state index contributed by atoms with van der Waals surface area (Å²) in [5.74, 6) is 0.0496. The van der Waals surface area contributed by atoms with E-state index < -0.39 is 21.9 Å². The first kappa shape index (κ1) is 16.0. The smallest absolute Gasteiger partial charge is 0.242 e. The number of furan rings is 1. The maximum Gasteiger partial charge on any atom is 0.242 e. The molecule has 114 valence electrons. The molecule has 1 heterocycles. The Kier molecular flexibility index (Phi) is 4.70. The summed E-state index contributed by atoms with van der Waals surface area (Å²) in [4.78, 5) is -0.165. The number of rotatable bonds is 5. The number of anilines is 1. The molecule has 0 bridgehead atoms. The second-order valence-electron chi connectivity index (χ2n) is 4.61. The van der Waals surface area contributed by atoms with Crippen molar-refractivity contribution in [3.05, 3.63) is 46.6 Å². The Morgan fingerprint density at radius 1 is 1.48 bits per heavy atom. The molecule has 8 heteroatoms. The average Bonchev–Trinajstić information content (AvgIpc) is 2.85. The predicted molar refractivity (Wildman–Crippen MR) is 80.7 cm³/mol. The zero-order valence-electron chi connectivity index (χ0n) is 11.1. The Labute approximate surface area is 130 Å². The fourth-order valence-corrected chi connectivity index (χ4v) is 3.75. The minimum absolute atomic E-state index is 0.0377. The van der Waals surface area contributed by atoms with Crippen LogP contribution in [0.3, 0.4) is 0 Å². The number of nitrogens with one attached hydrogen (secondary N) is 1. The summed E-state index contributed by atoms with van der Waals surface area (Å²) in [7, 11) is -3.85. The molecular formula is C13H14BrFN2O3S. The van der Waals surface area contributed by atoms with Gasteiger partial charge in [0.05, 0.1) is 16.4 Å². The van der Waals surface area contributed by atoms with Crippen LogP contribution in [0.2, 0.25) is 0 Å². The van der Waals surface area contributed by atoms with E-state index in [1.807, 2.05) is 0 Å². The van der Waals surface area contributed by atoms with Gasteiger partial charge in [0, 0.05) is 12.5 Å². The molecule has 1 aromatic heterocycles. The Morgan fingerprint density at radius 2 is 2.19 bits per heavy atom. The summed E-state index contributed by atoms with van der Waals surface area (Å²) >= 11 is 2.95. The van der Waals surface area contributed by atoms with Crippen molar-refractivity contribution in [3.8, 4) is 0 Å². The fraction of sp³-hybridized carbons (Fsp3) is 0.231. The summed E-state index contributed by atoms with van der Waals surface area (Å²) < 4.78 is 45.6. The number of hydrogen-bond acceptors (Lipinski definition) is 4. The second kappa shape index (κ2) is 6.17. The average molecular weight is 377 g/mol. The zero-order valence-corrected chi connectivity index (χ0v) is 13.5. The summed E-state index contributed by atoms with van der Waals surface area (Å²) in [6, 6.07) is 5.20. The predicted octanol–water partition coefficient (Wildman–Crippen LogP) is 2.67.